The Morgan fingerprint density at radius 2 is 1.97 bits per heavy atom. The van der Waals surface area contributed by atoms with Crippen LogP contribution in [0, 0.1) is 5.92 Å². The third-order valence-electron chi connectivity index (χ3n) is 6.58. The zero-order chi connectivity index (χ0) is 22.2. The first-order valence-corrected chi connectivity index (χ1v) is 10.9. The van der Waals surface area contributed by atoms with E-state index in [2.05, 4.69) is 21.9 Å². The van der Waals surface area contributed by atoms with E-state index in [1.807, 2.05) is 16.8 Å². The Labute approximate surface area is 184 Å². The van der Waals surface area contributed by atoms with E-state index in [9.17, 15) is 9.59 Å². The lowest BCUT2D eigenvalue weighted by molar-refractivity contribution is 0.0673. The third kappa shape index (κ3) is 3.65. The van der Waals surface area contributed by atoms with Crippen LogP contribution < -0.4 is 15.9 Å². The largest absolute Gasteiger partial charge is 0.381 e. The predicted octanol–water partition coefficient (Wildman–Crippen LogP) is 1.83. The van der Waals surface area contributed by atoms with E-state index in [1.165, 1.54) is 0 Å². The van der Waals surface area contributed by atoms with Gasteiger partial charge in [-0.25, -0.2) is 15.1 Å². The Kier molecular flexibility index (Phi) is 5.40. The van der Waals surface area contributed by atoms with Crippen LogP contribution in [0.3, 0.4) is 0 Å². The van der Waals surface area contributed by atoms with Gasteiger partial charge in [-0.1, -0.05) is 6.92 Å². The van der Waals surface area contributed by atoms with Crippen LogP contribution in [0.15, 0.2) is 35.3 Å². The number of hydrogen-bond acceptors (Lipinski definition) is 7. The Balaban J connectivity index is 1.42. The van der Waals surface area contributed by atoms with E-state index in [0.717, 1.165) is 25.1 Å². The van der Waals surface area contributed by atoms with Crippen molar-refractivity contribution in [1.29, 1.82) is 0 Å². The number of nitrogens with one attached hydrogen (secondary N) is 2. The van der Waals surface area contributed by atoms with Gasteiger partial charge in [-0.05, 0) is 43.0 Å². The molecule has 2 aromatic heterocycles. The number of amides is 1. The fraction of sp³-hybridized carbons (Fsp3) is 0.455. The molecular formula is C22H26N6O4. The molecule has 168 valence electrons. The number of carbonyl (C=O) groups excluding carboxylic acids is 1. The first kappa shape index (κ1) is 20.7. The maximum atomic E-state index is 12.8. The average Bonchev–Trinajstić information content (AvgIpc) is 3.43. The number of hydrogen-bond donors (Lipinski definition) is 3. The number of nitrogens with zero attached hydrogens (tertiary/aromatic N) is 4. The lowest BCUT2D eigenvalue weighted by Gasteiger charge is -2.23. The predicted molar refractivity (Wildman–Crippen MR) is 117 cm³/mol. The molecule has 4 heterocycles. The highest BCUT2D eigenvalue weighted by Crippen LogP contribution is 2.34. The number of rotatable bonds is 4. The summed E-state index contributed by atoms with van der Waals surface area (Å²) in [5.41, 5.74) is 3.49. The minimum atomic E-state index is -0.541. The van der Waals surface area contributed by atoms with Gasteiger partial charge >= 0.3 is 0 Å². The number of aromatic nitrogens is 4. The molecule has 2 atom stereocenters. The molecule has 3 aromatic rings. The third-order valence-corrected chi connectivity index (χ3v) is 6.58. The maximum Gasteiger partial charge on any atom is 0.274 e. The summed E-state index contributed by atoms with van der Waals surface area (Å²) in [4.78, 5) is 34.4. The van der Waals surface area contributed by atoms with Crippen LogP contribution >= 0.6 is 0 Å². The number of benzene rings is 1. The van der Waals surface area contributed by atoms with E-state index in [-0.39, 0.29) is 23.4 Å². The quantitative estimate of drug-likeness (QED) is 0.419. The van der Waals surface area contributed by atoms with Crippen molar-refractivity contribution in [3.8, 4) is 0 Å². The highest BCUT2D eigenvalue weighted by molar-refractivity contribution is 5.93. The zero-order valence-electron chi connectivity index (χ0n) is 17.8. The van der Waals surface area contributed by atoms with Crippen LogP contribution in [-0.4, -0.2) is 57.2 Å². The zero-order valence-corrected chi connectivity index (χ0v) is 17.8. The van der Waals surface area contributed by atoms with Crippen LogP contribution in [-0.2, 0) is 4.74 Å². The van der Waals surface area contributed by atoms with Crippen LogP contribution in [0.1, 0.15) is 47.9 Å². The first-order chi connectivity index (χ1) is 15.5. The lowest BCUT2D eigenvalue weighted by atomic mass is 9.97. The van der Waals surface area contributed by atoms with E-state index in [1.54, 1.807) is 23.8 Å². The minimum absolute atomic E-state index is 0.0607. The van der Waals surface area contributed by atoms with Gasteiger partial charge in [-0.15, -0.1) is 0 Å². The lowest BCUT2D eigenvalue weighted by Crippen LogP contribution is -2.23. The average molecular weight is 438 g/mol. The van der Waals surface area contributed by atoms with Gasteiger partial charge in [-0.3, -0.25) is 14.8 Å². The smallest absolute Gasteiger partial charge is 0.274 e. The molecule has 0 spiro atoms. The van der Waals surface area contributed by atoms with Gasteiger partial charge in [0.25, 0.3) is 11.5 Å². The highest BCUT2D eigenvalue weighted by Gasteiger charge is 2.33. The molecule has 3 N–H and O–H groups in total. The normalized spacial score (nSPS) is 21.9. The molecule has 2 saturated heterocycles. The monoisotopic (exact) mass is 438 g/mol. The Hall–Kier alpha value is -3.24. The van der Waals surface area contributed by atoms with Crippen molar-refractivity contribution in [3.63, 3.8) is 0 Å². The van der Waals surface area contributed by atoms with E-state index >= 15 is 0 Å². The van der Waals surface area contributed by atoms with Gasteiger partial charge < -0.3 is 14.6 Å². The van der Waals surface area contributed by atoms with Gasteiger partial charge in [-0.2, -0.15) is 5.10 Å². The highest BCUT2D eigenvalue weighted by atomic mass is 16.5. The summed E-state index contributed by atoms with van der Waals surface area (Å²) >= 11 is 0. The minimum Gasteiger partial charge on any atom is -0.381 e. The summed E-state index contributed by atoms with van der Waals surface area (Å²) in [7, 11) is 0. The summed E-state index contributed by atoms with van der Waals surface area (Å²) in [5.74, 6) is 0.476. The standard InChI is InChI=1S/C22H26N6O4/c1-13-11-27(15-4-2-14(3-5-15)21(29)26-31)12-18(13)19-24-20-17(22(30)25-19)10-23-28(20)16-6-8-32-9-7-16/h2-5,10,13,16,18,31H,6-9,11-12H2,1H3,(H,26,29)(H,24,25,30). The van der Waals surface area contributed by atoms with Gasteiger partial charge in [0.1, 0.15) is 11.2 Å². The van der Waals surface area contributed by atoms with Crippen molar-refractivity contribution >= 4 is 22.6 Å². The Morgan fingerprint density at radius 3 is 2.69 bits per heavy atom. The van der Waals surface area contributed by atoms with Crippen LogP contribution in [0.25, 0.3) is 11.0 Å². The van der Waals surface area contributed by atoms with E-state index < -0.39 is 5.91 Å². The molecule has 0 aliphatic carbocycles. The van der Waals surface area contributed by atoms with Gasteiger partial charge in [0, 0.05) is 43.5 Å². The van der Waals surface area contributed by atoms with Crippen LogP contribution in [0.4, 0.5) is 5.69 Å². The number of carbonyl (C=O) groups is 1. The fourth-order valence-electron chi connectivity index (χ4n) is 4.75. The van der Waals surface area contributed by atoms with Gasteiger partial charge in [0.2, 0.25) is 0 Å². The van der Waals surface area contributed by atoms with Crippen molar-refractivity contribution in [2.45, 2.75) is 31.7 Å². The molecule has 2 unspecified atom stereocenters. The molecule has 0 saturated carbocycles. The number of anilines is 1. The second kappa shape index (κ2) is 8.36. The second-order valence-electron chi connectivity index (χ2n) is 8.60. The molecular weight excluding hydrogens is 412 g/mol. The number of hydroxylamine groups is 1. The SMILES string of the molecule is CC1CN(c2ccc(C(=O)NO)cc2)CC1c1nc2c(cnn2C2CCOCC2)c(=O)[nH]1. The molecule has 2 aliphatic heterocycles. The van der Waals surface area contributed by atoms with Crippen LogP contribution in [0.5, 0.6) is 0 Å². The molecule has 5 rings (SSSR count). The van der Waals surface area contributed by atoms with Gasteiger partial charge in [0.15, 0.2) is 5.65 Å². The van der Waals surface area contributed by atoms with Crippen molar-refractivity contribution in [1.82, 2.24) is 25.2 Å². The van der Waals surface area contributed by atoms with Crippen molar-refractivity contribution in [2.24, 2.45) is 5.92 Å². The fourth-order valence-corrected chi connectivity index (χ4v) is 4.75. The van der Waals surface area contributed by atoms with Crippen molar-refractivity contribution in [2.75, 3.05) is 31.2 Å². The first-order valence-electron chi connectivity index (χ1n) is 10.9. The molecule has 1 amide bonds. The van der Waals surface area contributed by atoms with Crippen molar-refractivity contribution < 1.29 is 14.7 Å². The van der Waals surface area contributed by atoms with Crippen LogP contribution in [0.2, 0.25) is 0 Å². The molecule has 10 nitrogen and oxygen atoms in total. The summed E-state index contributed by atoms with van der Waals surface area (Å²) < 4.78 is 7.35. The summed E-state index contributed by atoms with van der Waals surface area (Å²) in [5, 5.41) is 13.8. The Morgan fingerprint density at radius 1 is 1.22 bits per heavy atom. The summed E-state index contributed by atoms with van der Waals surface area (Å²) in [6, 6.07) is 7.27. The molecule has 1 aromatic carbocycles. The molecule has 10 heteroatoms. The number of H-pyrrole nitrogens is 1. The maximum absolute atomic E-state index is 12.8. The molecule has 2 aliphatic rings. The summed E-state index contributed by atoms with van der Waals surface area (Å²) in [6.07, 6.45) is 3.33. The molecule has 2 fully saturated rings. The number of aromatic amines is 1. The molecule has 0 bridgehead atoms. The van der Waals surface area contributed by atoms with E-state index in [0.29, 0.717) is 42.2 Å². The second-order valence-corrected chi connectivity index (χ2v) is 8.60. The molecule has 0 radical (unpaired) electrons. The Bertz CT molecular complexity index is 1180. The number of ether oxygens (including phenoxy) is 1. The van der Waals surface area contributed by atoms with Crippen molar-refractivity contribution in [3.05, 3.63) is 52.2 Å². The van der Waals surface area contributed by atoms with Gasteiger partial charge in [0.05, 0.1) is 12.2 Å². The summed E-state index contributed by atoms with van der Waals surface area (Å²) in [6.45, 7) is 5.03. The van der Waals surface area contributed by atoms with E-state index in [4.69, 9.17) is 14.9 Å². The molecule has 32 heavy (non-hydrogen) atoms. The topological polar surface area (TPSA) is 125 Å². The number of fused-ring (bicyclic) bond motifs is 1.